The predicted octanol–water partition coefficient (Wildman–Crippen LogP) is 2.38. The van der Waals surface area contributed by atoms with E-state index in [9.17, 15) is 0 Å². The molecule has 0 aromatic rings. The summed E-state index contributed by atoms with van der Waals surface area (Å²) in [5.41, 5.74) is 6.36. The van der Waals surface area contributed by atoms with E-state index < -0.39 is 0 Å². The third-order valence-corrected chi connectivity index (χ3v) is 4.47. The number of nitrogens with zero attached hydrogens (tertiary/aromatic N) is 1. The monoisotopic (exact) mass is 210 g/mol. The van der Waals surface area contributed by atoms with Gasteiger partial charge < -0.3 is 10.6 Å². The summed E-state index contributed by atoms with van der Waals surface area (Å²) < 4.78 is 0. The molecule has 88 valence electrons. The minimum atomic E-state index is 0.191. The Hall–Kier alpha value is -0.0800. The van der Waals surface area contributed by atoms with Crippen LogP contribution in [-0.2, 0) is 0 Å². The van der Waals surface area contributed by atoms with Crippen molar-refractivity contribution >= 4 is 0 Å². The highest BCUT2D eigenvalue weighted by Crippen LogP contribution is 2.35. The summed E-state index contributed by atoms with van der Waals surface area (Å²) in [5.74, 6) is 1.00. The van der Waals surface area contributed by atoms with Crippen molar-refractivity contribution in [1.29, 1.82) is 0 Å². The number of hydrogen-bond donors (Lipinski definition) is 1. The quantitative estimate of drug-likeness (QED) is 0.772. The lowest BCUT2D eigenvalue weighted by Gasteiger charge is -2.35. The Morgan fingerprint density at radius 3 is 2.27 bits per heavy atom. The van der Waals surface area contributed by atoms with Crippen molar-refractivity contribution < 1.29 is 0 Å². The standard InChI is InChI=1S/C13H26N2/c1-3-11-4-6-12(7-5-11)15(2)10-13(14)8-9-13/h11-12H,3-10,14H2,1-2H3. The normalized spacial score (nSPS) is 34.4. The second-order valence-corrected chi connectivity index (χ2v) is 5.86. The lowest BCUT2D eigenvalue weighted by molar-refractivity contribution is 0.153. The van der Waals surface area contributed by atoms with Crippen LogP contribution in [-0.4, -0.2) is 30.1 Å². The van der Waals surface area contributed by atoms with E-state index in [1.54, 1.807) is 0 Å². The van der Waals surface area contributed by atoms with E-state index in [4.69, 9.17) is 5.73 Å². The Labute approximate surface area is 94.2 Å². The Morgan fingerprint density at radius 1 is 1.20 bits per heavy atom. The van der Waals surface area contributed by atoms with Gasteiger partial charge in [0.15, 0.2) is 0 Å². The van der Waals surface area contributed by atoms with Gasteiger partial charge in [0.2, 0.25) is 0 Å². The van der Waals surface area contributed by atoms with Crippen molar-refractivity contribution in [3.63, 3.8) is 0 Å². The molecule has 2 fully saturated rings. The minimum absolute atomic E-state index is 0.191. The van der Waals surface area contributed by atoms with Crippen molar-refractivity contribution in [1.82, 2.24) is 4.90 Å². The number of likely N-dealkylation sites (N-methyl/N-ethyl adjacent to an activating group) is 1. The van der Waals surface area contributed by atoms with Crippen molar-refractivity contribution in [2.45, 2.75) is 63.5 Å². The van der Waals surface area contributed by atoms with Gasteiger partial charge in [-0.2, -0.15) is 0 Å². The first-order valence-corrected chi connectivity index (χ1v) is 6.62. The first kappa shape index (κ1) is 11.4. The van der Waals surface area contributed by atoms with Crippen LogP contribution >= 0.6 is 0 Å². The van der Waals surface area contributed by atoms with Crippen molar-refractivity contribution in [2.75, 3.05) is 13.6 Å². The van der Waals surface area contributed by atoms with Crippen LogP contribution in [0.15, 0.2) is 0 Å². The molecule has 2 heteroatoms. The molecule has 0 saturated heterocycles. The van der Waals surface area contributed by atoms with Crippen LogP contribution in [0.25, 0.3) is 0 Å². The maximum atomic E-state index is 6.17. The van der Waals surface area contributed by atoms with Crippen molar-refractivity contribution in [3.05, 3.63) is 0 Å². The molecule has 2 nitrogen and oxygen atoms in total. The summed E-state index contributed by atoms with van der Waals surface area (Å²) in [5, 5.41) is 0. The molecule has 0 unspecified atom stereocenters. The van der Waals surface area contributed by atoms with Crippen LogP contribution in [0.3, 0.4) is 0 Å². The van der Waals surface area contributed by atoms with Crippen LogP contribution in [0, 0.1) is 5.92 Å². The van der Waals surface area contributed by atoms with Crippen LogP contribution in [0.4, 0.5) is 0 Å². The zero-order chi connectivity index (χ0) is 10.9. The highest BCUT2D eigenvalue weighted by Gasteiger charge is 2.40. The van der Waals surface area contributed by atoms with Gasteiger partial charge in [-0.15, -0.1) is 0 Å². The van der Waals surface area contributed by atoms with Crippen LogP contribution in [0.1, 0.15) is 51.9 Å². The van der Waals surface area contributed by atoms with Crippen LogP contribution in [0.2, 0.25) is 0 Å². The fourth-order valence-electron chi connectivity index (χ4n) is 2.94. The Morgan fingerprint density at radius 2 is 1.80 bits per heavy atom. The first-order valence-electron chi connectivity index (χ1n) is 6.62. The van der Waals surface area contributed by atoms with E-state index in [0.717, 1.165) is 18.5 Å². The molecule has 15 heavy (non-hydrogen) atoms. The lowest BCUT2D eigenvalue weighted by atomic mass is 9.84. The maximum absolute atomic E-state index is 6.17. The summed E-state index contributed by atoms with van der Waals surface area (Å²) >= 11 is 0. The molecular formula is C13H26N2. The highest BCUT2D eigenvalue weighted by atomic mass is 15.2. The zero-order valence-corrected chi connectivity index (χ0v) is 10.3. The molecule has 2 aliphatic carbocycles. The third-order valence-electron chi connectivity index (χ3n) is 4.47. The minimum Gasteiger partial charge on any atom is -0.324 e. The first-order chi connectivity index (χ1) is 7.13. The van der Waals surface area contributed by atoms with Gasteiger partial charge in [-0.1, -0.05) is 13.3 Å². The molecule has 0 aromatic heterocycles. The van der Waals surface area contributed by atoms with E-state index >= 15 is 0 Å². The molecule has 2 N–H and O–H groups in total. The van der Waals surface area contributed by atoms with E-state index in [1.165, 1.54) is 44.9 Å². The number of nitrogens with two attached hydrogens (primary N) is 1. The van der Waals surface area contributed by atoms with E-state index in [1.807, 2.05) is 0 Å². The summed E-state index contributed by atoms with van der Waals surface area (Å²) in [6.45, 7) is 3.45. The third kappa shape index (κ3) is 2.94. The molecular weight excluding hydrogens is 184 g/mol. The Kier molecular flexibility index (Phi) is 3.36. The van der Waals surface area contributed by atoms with Crippen LogP contribution in [0.5, 0.6) is 0 Å². The molecule has 0 spiro atoms. The molecule has 0 amide bonds. The molecule has 0 heterocycles. The summed E-state index contributed by atoms with van der Waals surface area (Å²) in [6, 6.07) is 0.814. The van der Waals surface area contributed by atoms with Crippen molar-refractivity contribution in [3.8, 4) is 0 Å². The number of rotatable bonds is 4. The highest BCUT2D eigenvalue weighted by molar-refractivity contribution is 5.01. The maximum Gasteiger partial charge on any atom is 0.0284 e. The van der Waals surface area contributed by atoms with E-state index in [2.05, 4.69) is 18.9 Å². The van der Waals surface area contributed by atoms with E-state index in [0.29, 0.717) is 0 Å². The van der Waals surface area contributed by atoms with Gasteiger partial charge in [-0.05, 0) is 51.5 Å². The second-order valence-electron chi connectivity index (χ2n) is 5.86. The number of hydrogen-bond acceptors (Lipinski definition) is 2. The van der Waals surface area contributed by atoms with Gasteiger partial charge in [0.1, 0.15) is 0 Å². The summed E-state index contributed by atoms with van der Waals surface area (Å²) in [4.78, 5) is 2.53. The topological polar surface area (TPSA) is 29.3 Å². The van der Waals surface area contributed by atoms with Gasteiger partial charge >= 0.3 is 0 Å². The van der Waals surface area contributed by atoms with E-state index in [-0.39, 0.29) is 5.54 Å². The fraction of sp³-hybridized carbons (Fsp3) is 1.00. The SMILES string of the molecule is CCC1CCC(N(C)CC2(N)CC2)CC1. The Bertz CT molecular complexity index is 203. The van der Waals surface area contributed by atoms with Gasteiger partial charge in [0.05, 0.1) is 0 Å². The second kappa shape index (κ2) is 4.42. The molecule has 2 rings (SSSR count). The predicted molar refractivity (Wildman–Crippen MR) is 64.8 cm³/mol. The average Bonchev–Trinajstić information content (AvgIpc) is 2.96. The fourth-order valence-corrected chi connectivity index (χ4v) is 2.94. The molecule has 0 atom stereocenters. The van der Waals surface area contributed by atoms with Gasteiger partial charge in [0.25, 0.3) is 0 Å². The van der Waals surface area contributed by atoms with Crippen molar-refractivity contribution in [2.24, 2.45) is 11.7 Å². The largest absolute Gasteiger partial charge is 0.324 e. The molecule has 2 saturated carbocycles. The Balaban J connectivity index is 1.74. The van der Waals surface area contributed by atoms with Gasteiger partial charge in [-0.25, -0.2) is 0 Å². The van der Waals surface area contributed by atoms with Gasteiger partial charge in [0, 0.05) is 18.1 Å². The molecule has 0 radical (unpaired) electrons. The molecule has 0 aliphatic heterocycles. The summed E-state index contributed by atoms with van der Waals surface area (Å²) in [7, 11) is 2.27. The molecule has 0 bridgehead atoms. The smallest absolute Gasteiger partial charge is 0.0284 e. The molecule has 0 aromatic carbocycles. The summed E-state index contributed by atoms with van der Waals surface area (Å²) in [6.07, 6.45) is 9.50. The zero-order valence-electron chi connectivity index (χ0n) is 10.3. The average molecular weight is 210 g/mol. The van der Waals surface area contributed by atoms with Crippen LogP contribution < -0.4 is 5.73 Å². The lowest BCUT2D eigenvalue weighted by Crippen LogP contribution is -2.43. The molecule has 2 aliphatic rings. The van der Waals surface area contributed by atoms with Gasteiger partial charge in [-0.3, -0.25) is 0 Å².